The summed E-state index contributed by atoms with van der Waals surface area (Å²) in [5.41, 5.74) is 3.23. The Kier molecular flexibility index (Phi) is 6.15. The molecule has 0 spiro atoms. The number of likely N-dealkylation sites (tertiary alicyclic amines) is 1. The fourth-order valence-corrected chi connectivity index (χ4v) is 4.53. The number of aromatic nitrogens is 1. The third kappa shape index (κ3) is 4.65. The second-order valence-electron chi connectivity index (χ2n) is 8.56. The molecule has 2 aromatic rings. The maximum absolute atomic E-state index is 12.6. The number of pyridine rings is 1. The number of nitrogens with zero attached hydrogens (tertiary/aromatic N) is 3. The summed E-state index contributed by atoms with van der Waals surface area (Å²) in [4.78, 5) is 31.5. The van der Waals surface area contributed by atoms with Crippen LogP contribution >= 0.6 is 0 Å². The highest BCUT2D eigenvalue weighted by atomic mass is 16.7. The van der Waals surface area contributed by atoms with Gasteiger partial charge in [0.25, 0.3) is 5.91 Å². The maximum atomic E-state index is 12.6. The summed E-state index contributed by atoms with van der Waals surface area (Å²) < 4.78 is 17.4. The van der Waals surface area contributed by atoms with Gasteiger partial charge in [-0.25, -0.2) is 4.79 Å². The van der Waals surface area contributed by atoms with Gasteiger partial charge in [0.2, 0.25) is 6.29 Å². The number of rotatable bonds is 3. The summed E-state index contributed by atoms with van der Waals surface area (Å²) >= 11 is 0. The van der Waals surface area contributed by atoms with Crippen molar-refractivity contribution in [2.24, 2.45) is 5.92 Å². The molecule has 9 heteroatoms. The number of hydrogen-bond acceptors (Lipinski definition) is 6. The average Bonchev–Trinajstić information content (AvgIpc) is 2.88. The molecule has 1 aromatic heterocycles. The molecule has 3 aliphatic rings. The molecule has 5 rings (SSSR count). The van der Waals surface area contributed by atoms with Crippen LogP contribution in [0.1, 0.15) is 28.8 Å². The predicted molar refractivity (Wildman–Crippen MR) is 118 cm³/mol. The second kappa shape index (κ2) is 9.36. The first-order chi connectivity index (χ1) is 16.1. The summed E-state index contributed by atoms with van der Waals surface area (Å²) in [6, 6.07) is 9.57. The third-order valence-electron chi connectivity index (χ3n) is 6.51. The van der Waals surface area contributed by atoms with Crippen molar-refractivity contribution in [3.8, 4) is 17.0 Å². The maximum Gasteiger partial charge on any atom is 0.407 e. The lowest BCUT2D eigenvalue weighted by Crippen LogP contribution is -2.43. The SMILES string of the molecule is O=C(O)N1CCC(C2OCc3cc(-c4ccc(C(=O)N5CCOCC5)cn4)ccc3O2)CC1. The molecule has 4 heterocycles. The fourth-order valence-electron chi connectivity index (χ4n) is 4.53. The zero-order chi connectivity index (χ0) is 22.8. The van der Waals surface area contributed by atoms with E-state index in [4.69, 9.17) is 19.3 Å². The van der Waals surface area contributed by atoms with Crippen LogP contribution in [-0.4, -0.2) is 77.6 Å². The molecule has 9 nitrogen and oxygen atoms in total. The topological polar surface area (TPSA) is 101 Å². The van der Waals surface area contributed by atoms with Gasteiger partial charge in [0.05, 0.1) is 31.1 Å². The molecule has 3 aliphatic heterocycles. The predicted octanol–water partition coefficient (Wildman–Crippen LogP) is 2.85. The van der Waals surface area contributed by atoms with Gasteiger partial charge in [-0.05, 0) is 43.2 Å². The lowest BCUT2D eigenvalue weighted by Gasteiger charge is -2.36. The smallest absolute Gasteiger partial charge is 0.407 e. The van der Waals surface area contributed by atoms with Crippen molar-refractivity contribution in [1.82, 2.24) is 14.8 Å². The monoisotopic (exact) mass is 453 g/mol. The first kappa shape index (κ1) is 21.7. The zero-order valence-corrected chi connectivity index (χ0v) is 18.3. The van der Waals surface area contributed by atoms with Crippen molar-refractivity contribution in [2.75, 3.05) is 39.4 Å². The Labute approximate surface area is 191 Å². The van der Waals surface area contributed by atoms with Crippen molar-refractivity contribution < 1.29 is 28.9 Å². The molecule has 2 amide bonds. The zero-order valence-electron chi connectivity index (χ0n) is 18.3. The van der Waals surface area contributed by atoms with E-state index in [1.54, 1.807) is 11.1 Å². The van der Waals surface area contributed by atoms with Crippen LogP contribution in [0.3, 0.4) is 0 Å². The number of carboxylic acid groups (broad SMARTS) is 1. The Morgan fingerprint density at radius 1 is 1.00 bits per heavy atom. The van der Waals surface area contributed by atoms with Gasteiger partial charge in [-0.1, -0.05) is 0 Å². The van der Waals surface area contributed by atoms with Crippen LogP contribution < -0.4 is 4.74 Å². The minimum Gasteiger partial charge on any atom is -0.465 e. The molecular formula is C24H27N3O6. The van der Waals surface area contributed by atoms with Crippen LogP contribution in [-0.2, 0) is 16.1 Å². The average molecular weight is 453 g/mol. The first-order valence-corrected chi connectivity index (χ1v) is 11.3. The van der Waals surface area contributed by atoms with Gasteiger partial charge in [-0.3, -0.25) is 9.78 Å². The molecule has 33 heavy (non-hydrogen) atoms. The van der Waals surface area contributed by atoms with Crippen molar-refractivity contribution in [3.05, 3.63) is 47.7 Å². The molecule has 1 aromatic carbocycles. The highest BCUT2D eigenvalue weighted by molar-refractivity contribution is 5.94. The number of piperidine rings is 1. The van der Waals surface area contributed by atoms with E-state index in [1.165, 1.54) is 4.90 Å². The van der Waals surface area contributed by atoms with Crippen LogP contribution in [0.15, 0.2) is 36.5 Å². The van der Waals surface area contributed by atoms with Gasteiger partial charge in [0.1, 0.15) is 5.75 Å². The lowest BCUT2D eigenvalue weighted by molar-refractivity contribution is -0.148. The van der Waals surface area contributed by atoms with Crippen LogP contribution in [0.4, 0.5) is 4.79 Å². The minimum atomic E-state index is -0.871. The van der Waals surface area contributed by atoms with Gasteiger partial charge >= 0.3 is 6.09 Å². The molecular weight excluding hydrogens is 426 g/mol. The van der Waals surface area contributed by atoms with E-state index in [-0.39, 0.29) is 18.1 Å². The number of ether oxygens (including phenoxy) is 3. The van der Waals surface area contributed by atoms with Gasteiger partial charge in [-0.15, -0.1) is 0 Å². The lowest BCUT2D eigenvalue weighted by atomic mass is 9.95. The van der Waals surface area contributed by atoms with Crippen LogP contribution in [0.25, 0.3) is 11.3 Å². The molecule has 0 bridgehead atoms. The van der Waals surface area contributed by atoms with Gasteiger partial charge in [0.15, 0.2) is 0 Å². The van der Waals surface area contributed by atoms with E-state index in [0.717, 1.165) is 35.4 Å². The van der Waals surface area contributed by atoms with Gasteiger partial charge in [-0.2, -0.15) is 0 Å². The molecule has 0 saturated carbocycles. The number of carbonyl (C=O) groups is 2. The highest BCUT2D eigenvalue weighted by Gasteiger charge is 2.33. The summed E-state index contributed by atoms with van der Waals surface area (Å²) in [6.07, 6.45) is 1.85. The molecule has 2 saturated heterocycles. The van der Waals surface area contributed by atoms with Gasteiger partial charge < -0.3 is 29.1 Å². The van der Waals surface area contributed by atoms with E-state index in [9.17, 15) is 9.59 Å². The Hall–Kier alpha value is -3.17. The Morgan fingerprint density at radius 2 is 1.79 bits per heavy atom. The van der Waals surface area contributed by atoms with Crippen molar-refractivity contribution >= 4 is 12.0 Å². The van der Waals surface area contributed by atoms with Crippen LogP contribution in [0.5, 0.6) is 5.75 Å². The van der Waals surface area contributed by atoms with E-state index >= 15 is 0 Å². The fraction of sp³-hybridized carbons (Fsp3) is 0.458. The quantitative estimate of drug-likeness (QED) is 0.763. The molecule has 1 atom stereocenters. The Balaban J connectivity index is 1.23. The standard InChI is InChI=1S/C24H27N3O6/c28-22(26-9-11-31-12-10-26)18-1-3-20(25-14-18)17-2-4-21-19(13-17)15-32-23(33-21)16-5-7-27(8-6-16)24(29)30/h1-4,13-14,16,23H,5-12,15H2,(H,29,30). The van der Waals surface area contributed by atoms with E-state index in [1.807, 2.05) is 30.3 Å². The van der Waals surface area contributed by atoms with E-state index < -0.39 is 6.09 Å². The largest absolute Gasteiger partial charge is 0.465 e. The van der Waals surface area contributed by atoms with Crippen LogP contribution in [0, 0.1) is 5.92 Å². The van der Waals surface area contributed by atoms with Gasteiger partial charge in [0, 0.05) is 49.4 Å². The van der Waals surface area contributed by atoms with Crippen molar-refractivity contribution in [2.45, 2.75) is 25.7 Å². The molecule has 1 unspecified atom stereocenters. The summed E-state index contributed by atoms with van der Waals surface area (Å²) in [5.74, 6) is 0.936. The summed E-state index contributed by atoms with van der Waals surface area (Å²) in [6.45, 7) is 3.78. The first-order valence-electron chi connectivity index (χ1n) is 11.3. The molecule has 0 aliphatic carbocycles. The molecule has 2 fully saturated rings. The van der Waals surface area contributed by atoms with Crippen molar-refractivity contribution in [1.29, 1.82) is 0 Å². The number of morpholine rings is 1. The number of carbonyl (C=O) groups excluding carboxylic acids is 1. The number of fused-ring (bicyclic) bond motifs is 1. The molecule has 0 radical (unpaired) electrons. The molecule has 1 N–H and O–H groups in total. The number of benzene rings is 1. The summed E-state index contributed by atoms with van der Waals surface area (Å²) in [5, 5.41) is 9.12. The van der Waals surface area contributed by atoms with E-state index in [0.29, 0.717) is 51.6 Å². The highest BCUT2D eigenvalue weighted by Crippen LogP contribution is 2.34. The summed E-state index contributed by atoms with van der Waals surface area (Å²) in [7, 11) is 0. The Morgan fingerprint density at radius 3 is 2.48 bits per heavy atom. The third-order valence-corrected chi connectivity index (χ3v) is 6.51. The van der Waals surface area contributed by atoms with Crippen molar-refractivity contribution in [3.63, 3.8) is 0 Å². The number of hydrogen-bond donors (Lipinski definition) is 1. The normalized spacial score (nSPS) is 21.3. The van der Waals surface area contributed by atoms with Crippen LogP contribution in [0.2, 0.25) is 0 Å². The van der Waals surface area contributed by atoms with E-state index in [2.05, 4.69) is 4.98 Å². The number of amides is 2. The minimum absolute atomic E-state index is 0.0233. The second-order valence-corrected chi connectivity index (χ2v) is 8.56. The molecule has 174 valence electrons. The Bertz CT molecular complexity index is 1010.